The Bertz CT molecular complexity index is 971. The van der Waals surface area contributed by atoms with Crippen molar-refractivity contribution < 1.29 is 24.5 Å². The van der Waals surface area contributed by atoms with Crippen LogP contribution in [-0.4, -0.2) is 53.2 Å². The zero-order chi connectivity index (χ0) is 21.5. The van der Waals surface area contributed by atoms with Crippen LogP contribution in [0.25, 0.3) is 6.08 Å². The van der Waals surface area contributed by atoms with Gasteiger partial charge in [0.05, 0.1) is 31.4 Å². The Morgan fingerprint density at radius 1 is 1.10 bits per heavy atom. The van der Waals surface area contributed by atoms with Gasteiger partial charge in [-0.05, 0) is 23.3 Å². The maximum Gasteiger partial charge on any atom is 0.290 e. The Hall–Kier alpha value is -2.93. The lowest BCUT2D eigenvalue weighted by Crippen LogP contribution is -2.34. The van der Waals surface area contributed by atoms with Gasteiger partial charge in [0, 0.05) is 11.6 Å². The van der Waals surface area contributed by atoms with Crippen molar-refractivity contribution in [1.82, 2.24) is 4.90 Å². The van der Waals surface area contributed by atoms with Crippen molar-refractivity contribution >= 4 is 29.4 Å². The number of halogens is 1. The lowest BCUT2D eigenvalue weighted by Gasteiger charge is -2.27. The predicted molar refractivity (Wildman–Crippen MR) is 114 cm³/mol. The molecule has 156 valence electrons. The topological polar surface area (TPSA) is 87.1 Å². The summed E-state index contributed by atoms with van der Waals surface area (Å²) in [5.74, 6) is -1.73. The molecule has 0 aliphatic carbocycles. The van der Waals surface area contributed by atoms with Gasteiger partial charge in [-0.15, -0.1) is 0 Å². The number of nitrogens with zero attached hydrogens (tertiary/aromatic N) is 1. The van der Waals surface area contributed by atoms with E-state index in [9.17, 15) is 14.7 Å². The fraction of sp³-hybridized carbons (Fsp3) is 0.217. The molecule has 2 aromatic rings. The van der Waals surface area contributed by atoms with Crippen LogP contribution in [0.3, 0.4) is 0 Å². The van der Waals surface area contributed by atoms with E-state index in [2.05, 4.69) is 0 Å². The first-order chi connectivity index (χ1) is 14.5. The maximum atomic E-state index is 13.0. The minimum Gasteiger partial charge on any atom is -0.503 e. The molecule has 2 N–H and O–H groups in total. The molecule has 0 saturated carbocycles. The van der Waals surface area contributed by atoms with Crippen molar-refractivity contribution in [1.29, 1.82) is 0 Å². The summed E-state index contributed by atoms with van der Waals surface area (Å²) in [6.45, 7) is 0.253. The summed E-state index contributed by atoms with van der Waals surface area (Å²) in [7, 11) is 0. The number of ether oxygens (including phenoxy) is 1. The van der Waals surface area contributed by atoms with Crippen LogP contribution in [0.15, 0.2) is 72.0 Å². The van der Waals surface area contributed by atoms with Crippen molar-refractivity contribution in [2.45, 2.75) is 6.04 Å². The summed E-state index contributed by atoms with van der Waals surface area (Å²) in [6.07, 6.45) is 2.97. The van der Waals surface area contributed by atoms with Crippen molar-refractivity contribution in [3.63, 3.8) is 0 Å². The van der Waals surface area contributed by atoms with E-state index in [1.807, 2.05) is 30.3 Å². The second kappa shape index (κ2) is 10.2. The van der Waals surface area contributed by atoms with Crippen molar-refractivity contribution in [2.24, 2.45) is 0 Å². The number of aliphatic hydroxyl groups excluding tert-OH is 2. The fourth-order valence-electron chi connectivity index (χ4n) is 3.31. The SMILES string of the molecule is O=C(/C=C/c1ccccc1)C1=C(O)C(=O)N(CCOCCO)C1c1ccccc1Cl. The van der Waals surface area contributed by atoms with E-state index in [1.54, 1.807) is 30.3 Å². The second-order valence-corrected chi connectivity index (χ2v) is 7.04. The van der Waals surface area contributed by atoms with Crippen LogP contribution in [0, 0.1) is 0 Å². The third-order valence-electron chi connectivity index (χ3n) is 4.71. The monoisotopic (exact) mass is 427 g/mol. The first-order valence-corrected chi connectivity index (χ1v) is 9.87. The number of carbonyl (C=O) groups is 2. The summed E-state index contributed by atoms with van der Waals surface area (Å²) in [6, 6.07) is 15.3. The molecule has 1 aliphatic rings. The molecular weight excluding hydrogens is 406 g/mol. The Balaban J connectivity index is 1.94. The Labute approximate surface area is 179 Å². The molecule has 0 radical (unpaired) electrons. The normalized spacial score (nSPS) is 16.7. The molecule has 0 bridgehead atoms. The largest absolute Gasteiger partial charge is 0.503 e. The minimum absolute atomic E-state index is 0.0255. The molecule has 0 saturated heterocycles. The van der Waals surface area contributed by atoms with Crippen molar-refractivity contribution in [2.75, 3.05) is 26.4 Å². The third-order valence-corrected chi connectivity index (χ3v) is 5.05. The van der Waals surface area contributed by atoms with Crippen LogP contribution in [0.2, 0.25) is 5.02 Å². The van der Waals surface area contributed by atoms with E-state index in [-0.39, 0.29) is 31.9 Å². The van der Waals surface area contributed by atoms with Gasteiger partial charge < -0.3 is 19.8 Å². The van der Waals surface area contributed by atoms with E-state index in [4.69, 9.17) is 21.4 Å². The van der Waals surface area contributed by atoms with Gasteiger partial charge in [-0.25, -0.2) is 0 Å². The van der Waals surface area contributed by atoms with Gasteiger partial charge in [0.15, 0.2) is 11.5 Å². The predicted octanol–water partition coefficient (Wildman–Crippen LogP) is 3.33. The summed E-state index contributed by atoms with van der Waals surface area (Å²) in [5.41, 5.74) is 1.33. The fourth-order valence-corrected chi connectivity index (χ4v) is 3.55. The van der Waals surface area contributed by atoms with Crippen molar-refractivity contribution in [3.8, 4) is 0 Å². The number of allylic oxidation sites excluding steroid dienone is 1. The van der Waals surface area contributed by atoms with Gasteiger partial charge >= 0.3 is 0 Å². The highest BCUT2D eigenvalue weighted by atomic mass is 35.5. The highest BCUT2D eigenvalue weighted by Crippen LogP contribution is 2.40. The summed E-state index contributed by atoms with van der Waals surface area (Å²) in [5, 5.41) is 19.8. The van der Waals surface area contributed by atoms with Gasteiger partial charge in [-0.3, -0.25) is 9.59 Å². The van der Waals surface area contributed by atoms with Gasteiger partial charge in [-0.2, -0.15) is 0 Å². The molecule has 6 nitrogen and oxygen atoms in total. The molecule has 1 aliphatic heterocycles. The molecule has 0 fully saturated rings. The van der Waals surface area contributed by atoms with Crippen LogP contribution in [-0.2, 0) is 14.3 Å². The summed E-state index contributed by atoms with van der Waals surface area (Å²) >= 11 is 6.36. The average Bonchev–Trinajstić information content (AvgIpc) is 3.01. The number of amides is 1. The number of benzene rings is 2. The molecule has 1 atom stereocenters. The summed E-state index contributed by atoms with van der Waals surface area (Å²) < 4.78 is 5.27. The molecular formula is C23H22ClNO5. The number of aliphatic hydroxyl groups is 2. The van der Waals surface area contributed by atoms with Gasteiger partial charge in [0.25, 0.3) is 5.91 Å². The molecule has 1 amide bonds. The van der Waals surface area contributed by atoms with Crippen LogP contribution < -0.4 is 0 Å². The van der Waals surface area contributed by atoms with Gasteiger partial charge in [0.1, 0.15) is 0 Å². The standard InChI is InChI=1S/C23H22ClNO5/c24-18-9-5-4-8-17(18)21-20(19(27)11-10-16-6-2-1-3-7-16)22(28)23(29)25(21)12-14-30-15-13-26/h1-11,21,26,28H,12-15H2/b11-10+. The van der Waals surface area contributed by atoms with Crippen LogP contribution in [0.1, 0.15) is 17.2 Å². The molecule has 1 unspecified atom stereocenters. The molecule has 0 spiro atoms. The van der Waals surface area contributed by atoms with Gasteiger partial charge in [-0.1, -0.05) is 66.2 Å². The third kappa shape index (κ3) is 4.79. The van der Waals surface area contributed by atoms with E-state index in [0.29, 0.717) is 10.6 Å². The van der Waals surface area contributed by atoms with Gasteiger partial charge in [0.2, 0.25) is 0 Å². The van der Waals surface area contributed by atoms with Crippen LogP contribution in [0.5, 0.6) is 0 Å². The highest BCUT2D eigenvalue weighted by molar-refractivity contribution is 6.31. The number of ketones is 1. The van der Waals surface area contributed by atoms with Crippen LogP contribution >= 0.6 is 11.6 Å². The first-order valence-electron chi connectivity index (χ1n) is 9.49. The number of hydrogen-bond acceptors (Lipinski definition) is 5. The lowest BCUT2D eigenvalue weighted by atomic mass is 9.95. The van der Waals surface area contributed by atoms with Crippen molar-refractivity contribution in [3.05, 3.63) is 88.2 Å². The molecule has 3 rings (SSSR count). The molecule has 2 aromatic carbocycles. The second-order valence-electron chi connectivity index (χ2n) is 6.63. The van der Waals surface area contributed by atoms with E-state index >= 15 is 0 Å². The zero-order valence-corrected chi connectivity index (χ0v) is 17.0. The summed E-state index contributed by atoms with van der Waals surface area (Å²) in [4.78, 5) is 27.1. The first kappa shape index (κ1) is 21.8. The average molecular weight is 428 g/mol. The maximum absolute atomic E-state index is 13.0. The number of hydrogen-bond donors (Lipinski definition) is 2. The minimum atomic E-state index is -0.836. The zero-order valence-electron chi connectivity index (χ0n) is 16.2. The Morgan fingerprint density at radius 2 is 1.80 bits per heavy atom. The molecule has 0 aromatic heterocycles. The van der Waals surface area contributed by atoms with Crippen LogP contribution in [0.4, 0.5) is 0 Å². The Kier molecular flexibility index (Phi) is 7.41. The smallest absolute Gasteiger partial charge is 0.290 e. The Morgan fingerprint density at radius 3 is 2.50 bits per heavy atom. The number of carbonyl (C=O) groups excluding carboxylic acids is 2. The molecule has 7 heteroatoms. The number of rotatable bonds is 9. The highest BCUT2D eigenvalue weighted by Gasteiger charge is 2.43. The quantitative estimate of drug-likeness (QED) is 0.473. The lowest BCUT2D eigenvalue weighted by molar-refractivity contribution is -0.130. The van der Waals surface area contributed by atoms with E-state index < -0.39 is 23.5 Å². The molecule has 1 heterocycles. The van der Waals surface area contributed by atoms with E-state index in [1.165, 1.54) is 11.0 Å². The van der Waals surface area contributed by atoms with E-state index in [0.717, 1.165) is 5.56 Å². The molecule has 30 heavy (non-hydrogen) atoms.